The molecule has 3 aromatic rings. The number of nitrogens with zero attached hydrogens (tertiary/aromatic N) is 3. The number of fused-ring (bicyclic) bond motifs is 4. The lowest BCUT2D eigenvalue weighted by molar-refractivity contribution is -0.126. The molecule has 1 spiro atoms. The summed E-state index contributed by atoms with van der Waals surface area (Å²) in [5, 5.41) is 7.61. The number of carbonyl (C=O) groups is 2. The minimum absolute atomic E-state index is 0.0434. The smallest absolute Gasteiger partial charge is 0.242 e. The predicted molar refractivity (Wildman–Crippen MR) is 121 cm³/mol. The molecular formula is C25H26N4O2. The highest BCUT2D eigenvalue weighted by molar-refractivity contribution is 6.15. The van der Waals surface area contributed by atoms with Crippen molar-refractivity contribution in [2.45, 2.75) is 39.5 Å². The summed E-state index contributed by atoms with van der Waals surface area (Å²) in [6.07, 6.45) is 1.83. The van der Waals surface area contributed by atoms with Crippen LogP contribution in [0.4, 0.5) is 11.5 Å². The van der Waals surface area contributed by atoms with Gasteiger partial charge in [0, 0.05) is 24.2 Å². The van der Waals surface area contributed by atoms with Crippen LogP contribution in [-0.4, -0.2) is 28.1 Å². The number of para-hydroxylation sites is 1. The van der Waals surface area contributed by atoms with Crippen molar-refractivity contribution in [3.8, 4) is 5.69 Å². The van der Waals surface area contributed by atoms with E-state index in [9.17, 15) is 9.59 Å². The standard InChI is InChI=1S/C25H26N4O2/c1-15(2)14-28-21-8-6-5-7-19(21)25(24(28)31)12-22(30)27-23-20(25)13-26-29(23)18-10-9-16(3)17(4)11-18/h5-11,13,15H,12,14H2,1-4H3,(H,27,30)/t25-/m1/s1. The number of aryl methyl sites for hydroxylation is 2. The first-order chi connectivity index (χ1) is 14.8. The van der Waals surface area contributed by atoms with Crippen LogP contribution in [0.15, 0.2) is 48.7 Å². The molecule has 2 aliphatic heterocycles. The summed E-state index contributed by atoms with van der Waals surface area (Å²) >= 11 is 0. The number of nitrogens with one attached hydrogen (secondary N) is 1. The molecule has 0 saturated heterocycles. The Morgan fingerprint density at radius 1 is 1.06 bits per heavy atom. The van der Waals surface area contributed by atoms with Gasteiger partial charge in [0.05, 0.1) is 11.9 Å². The van der Waals surface area contributed by atoms with Crippen LogP contribution in [0.1, 0.15) is 42.5 Å². The highest BCUT2D eigenvalue weighted by atomic mass is 16.2. The van der Waals surface area contributed by atoms with Gasteiger partial charge in [-0.3, -0.25) is 9.59 Å². The molecule has 2 aromatic carbocycles. The van der Waals surface area contributed by atoms with Crippen LogP contribution in [-0.2, 0) is 15.0 Å². The van der Waals surface area contributed by atoms with Crippen LogP contribution >= 0.6 is 0 Å². The summed E-state index contributed by atoms with van der Waals surface area (Å²) in [6.45, 7) is 8.91. The second kappa shape index (κ2) is 6.80. The molecule has 2 amide bonds. The molecule has 31 heavy (non-hydrogen) atoms. The van der Waals surface area contributed by atoms with Gasteiger partial charge in [0.2, 0.25) is 11.8 Å². The van der Waals surface area contributed by atoms with Crippen LogP contribution in [0.25, 0.3) is 5.69 Å². The fourth-order valence-corrected chi connectivity index (χ4v) is 4.85. The van der Waals surface area contributed by atoms with Gasteiger partial charge < -0.3 is 10.2 Å². The van der Waals surface area contributed by atoms with Crippen LogP contribution in [0.2, 0.25) is 0 Å². The minimum atomic E-state index is -1.04. The van der Waals surface area contributed by atoms with E-state index < -0.39 is 5.41 Å². The van der Waals surface area contributed by atoms with E-state index in [2.05, 4.69) is 38.1 Å². The molecule has 1 N–H and O–H groups in total. The maximum absolute atomic E-state index is 13.9. The average Bonchev–Trinajstić information content (AvgIpc) is 3.25. The Balaban J connectivity index is 1.73. The fraction of sp³-hybridized carbons (Fsp3) is 0.320. The molecule has 0 bridgehead atoms. The summed E-state index contributed by atoms with van der Waals surface area (Å²) in [5.41, 5.74) is 4.69. The summed E-state index contributed by atoms with van der Waals surface area (Å²) in [6, 6.07) is 13.9. The first-order valence-electron chi connectivity index (χ1n) is 10.7. The van der Waals surface area contributed by atoms with Crippen molar-refractivity contribution < 1.29 is 9.59 Å². The van der Waals surface area contributed by atoms with Gasteiger partial charge in [-0.05, 0) is 54.7 Å². The van der Waals surface area contributed by atoms with E-state index >= 15 is 0 Å². The summed E-state index contributed by atoms with van der Waals surface area (Å²) in [4.78, 5) is 28.7. The van der Waals surface area contributed by atoms with E-state index in [1.54, 1.807) is 10.9 Å². The zero-order valence-corrected chi connectivity index (χ0v) is 18.3. The largest absolute Gasteiger partial charge is 0.311 e. The first-order valence-corrected chi connectivity index (χ1v) is 10.7. The fourth-order valence-electron chi connectivity index (χ4n) is 4.85. The maximum atomic E-state index is 13.9. The number of benzene rings is 2. The second-order valence-corrected chi connectivity index (χ2v) is 9.04. The molecule has 2 aliphatic rings. The molecular weight excluding hydrogens is 388 g/mol. The molecule has 1 aromatic heterocycles. The average molecular weight is 415 g/mol. The lowest BCUT2D eigenvalue weighted by Gasteiger charge is -2.32. The minimum Gasteiger partial charge on any atom is -0.311 e. The predicted octanol–water partition coefficient (Wildman–Crippen LogP) is 4.12. The van der Waals surface area contributed by atoms with Gasteiger partial charge in [-0.15, -0.1) is 0 Å². The number of amides is 2. The van der Waals surface area contributed by atoms with Gasteiger partial charge in [-0.1, -0.05) is 38.1 Å². The van der Waals surface area contributed by atoms with E-state index in [-0.39, 0.29) is 18.2 Å². The van der Waals surface area contributed by atoms with Crippen molar-refractivity contribution >= 4 is 23.3 Å². The Morgan fingerprint density at radius 3 is 2.58 bits per heavy atom. The number of carbonyl (C=O) groups excluding carboxylic acids is 2. The van der Waals surface area contributed by atoms with Crippen molar-refractivity contribution in [2.75, 3.05) is 16.8 Å². The van der Waals surface area contributed by atoms with E-state index in [1.807, 2.05) is 47.4 Å². The van der Waals surface area contributed by atoms with Crippen molar-refractivity contribution in [3.63, 3.8) is 0 Å². The molecule has 6 nitrogen and oxygen atoms in total. The van der Waals surface area contributed by atoms with Gasteiger partial charge in [0.1, 0.15) is 11.2 Å². The van der Waals surface area contributed by atoms with Crippen LogP contribution in [0.3, 0.4) is 0 Å². The normalized spacial score (nSPS) is 19.7. The van der Waals surface area contributed by atoms with E-state index in [4.69, 9.17) is 0 Å². The van der Waals surface area contributed by atoms with E-state index in [1.165, 1.54) is 5.56 Å². The van der Waals surface area contributed by atoms with Crippen LogP contribution in [0.5, 0.6) is 0 Å². The molecule has 0 saturated carbocycles. The lowest BCUT2D eigenvalue weighted by atomic mass is 9.72. The molecule has 0 radical (unpaired) electrons. The quantitative estimate of drug-likeness (QED) is 0.701. The molecule has 1 atom stereocenters. The van der Waals surface area contributed by atoms with Crippen molar-refractivity contribution in [2.24, 2.45) is 5.92 Å². The topological polar surface area (TPSA) is 67.2 Å². The van der Waals surface area contributed by atoms with Gasteiger partial charge in [-0.2, -0.15) is 5.10 Å². The summed E-state index contributed by atoms with van der Waals surface area (Å²) in [5.74, 6) is 0.669. The summed E-state index contributed by atoms with van der Waals surface area (Å²) < 4.78 is 1.74. The monoisotopic (exact) mass is 414 g/mol. The van der Waals surface area contributed by atoms with Gasteiger partial charge in [0.15, 0.2) is 0 Å². The molecule has 0 fully saturated rings. The highest BCUT2D eigenvalue weighted by Crippen LogP contribution is 2.52. The van der Waals surface area contributed by atoms with Gasteiger partial charge in [0.25, 0.3) is 0 Å². The van der Waals surface area contributed by atoms with Gasteiger partial charge in [-0.25, -0.2) is 4.68 Å². The van der Waals surface area contributed by atoms with Gasteiger partial charge >= 0.3 is 0 Å². The Labute approximate surface area is 181 Å². The van der Waals surface area contributed by atoms with Crippen LogP contribution in [0, 0.1) is 19.8 Å². The molecule has 0 unspecified atom stereocenters. The number of hydrogen-bond acceptors (Lipinski definition) is 3. The number of hydrogen-bond donors (Lipinski definition) is 1. The zero-order chi connectivity index (χ0) is 21.9. The zero-order valence-electron chi connectivity index (χ0n) is 18.3. The number of aromatic nitrogens is 2. The Kier molecular flexibility index (Phi) is 4.29. The van der Waals surface area contributed by atoms with Crippen LogP contribution < -0.4 is 10.2 Å². The SMILES string of the molecule is Cc1ccc(-n2ncc3c2NC(=O)C[C@]32C(=O)N(CC(C)C)c3ccccc32)cc1C. The van der Waals surface area contributed by atoms with E-state index in [0.29, 0.717) is 18.3 Å². The molecule has 5 rings (SSSR count). The highest BCUT2D eigenvalue weighted by Gasteiger charge is 2.57. The van der Waals surface area contributed by atoms with Crippen molar-refractivity contribution in [1.82, 2.24) is 9.78 Å². The maximum Gasteiger partial charge on any atom is 0.242 e. The number of anilines is 2. The molecule has 0 aliphatic carbocycles. The first kappa shape index (κ1) is 19.5. The molecule has 3 heterocycles. The van der Waals surface area contributed by atoms with E-state index in [0.717, 1.165) is 28.1 Å². The van der Waals surface area contributed by atoms with Crippen molar-refractivity contribution in [1.29, 1.82) is 0 Å². The second-order valence-electron chi connectivity index (χ2n) is 9.04. The third-order valence-corrected chi connectivity index (χ3v) is 6.46. The number of rotatable bonds is 3. The lowest BCUT2D eigenvalue weighted by Crippen LogP contribution is -2.47. The molecule has 158 valence electrons. The third kappa shape index (κ3) is 2.74. The van der Waals surface area contributed by atoms with Crippen molar-refractivity contribution in [3.05, 3.63) is 70.9 Å². The summed E-state index contributed by atoms with van der Waals surface area (Å²) in [7, 11) is 0. The third-order valence-electron chi connectivity index (χ3n) is 6.46. The Hall–Kier alpha value is -3.41. The Morgan fingerprint density at radius 2 is 1.84 bits per heavy atom. The molecule has 6 heteroatoms. The Bertz CT molecular complexity index is 1230.